The van der Waals surface area contributed by atoms with Crippen molar-refractivity contribution in [2.75, 3.05) is 12.8 Å². The van der Waals surface area contributed by atoms with Gasteiger partial charge in [0.15, 0.2) is 6.61 Å². The van der Waals surface area contributed by atoms with Crippen LogP contribution >= 0.6 is 7.60 Å². The first kappa shape index (κ1) is 49.6. The van der Waals surface area contributed by atoms with Crippen LogP contribution in [-0.2, 0) is 66.8 Å². The highest BCUT2D eigenvalue weighted by Crippen LogP contribution is 2.68. The second kappa shape index (κ2) is 22.2. The molecular weight excluding hydrogens is 860 g/mol. The monoisotopic (exact) mass is 928 g/mol. The first-order chi connectivity index (χ1) is 31.7. The van der Waals surface area contributed by atoms with Crippen molar-refractivity contribution < 1.29 is 57.2 Å². The molecule has 6 unspecified atom stereocenters. The lowest BCUT2D eigenvalue weighted by atomic mass is 9.43. The molecule has 11 atom stereocenters. The van der Waals surface area contributed by atoms with E-state index in [0.29, 0.717) is 56.0 Å². The zero-order chi connectivity index (χ0) is 46.9. The van der Waals surface area contributed by atoms with Gasteiger partial charge in [-0.3, -0.25) is 18.9 Å². The summed E-state index contributed by atoms with van der Waals surface area (Å²) >= 11 is 0. The van der Waals surface area contributed by atoms with Gasteiger partial charge in [-0.2, -0.15) is 0 Å². The molecule has 358 valence electrons. The van der Waals surface area contributed by atoms with Crippen LogP contribution in [0.1, 0.15) is 115 Å². The van der Waals surface area contributed by atoms with Gasteiger partial charge in [0.05, 0.1) is 31.4 Å². The topological polar surface area (TPSA) is 172 Å². The number of carboxylic acid groups (broad SMARTS) is 1. The number of esters is 3. The van der Waals surface area contributed by atoms with Gasteiger partial charge in [0.25, 0.3) is 0 Å². The minimum absolute atomic E-state index is 0.0105. The van der Waals surface area contributed by atoms with Gasteiger partial charge >= 0.3 is 31.5 Å². The largest absolute Gasteiger partial charge is 0.481 e. The van der Waals surface area contributed by atoms with Crippen molar-refractivity contribution in [2.45, 2.75) is 130 Å². The summed E-state index contributed by atoms with van der Waals surface area (Å²) in [5.41, 5.74) is 2.58. The first-order valence-corrected chi connectivity index (χ1v) is 25.8. The van der Waals surface area contributed by atoms with Crippen LogP contribution in [0.2, 0.25) is 0 Å². The fourth-order valence-electron chi connectivity index (χ4n) is 12.5. The zero-order valence-corrected chi connectivity index (χ0v) is 39.7. The molecular formula is C53H69O12P. The molecule has 0 spiro atoms. The summed E-state index contributed by atoms with van der Waals surface area (Å²) in [7, 11) is -3.96. The Morgan fingerprint density at radius 1 is 0.682 bits per heavy atom. The Labute approximate surface area is 390 Å². The molecule has 0 aliphatic heterocycles. The molecule has 12 nitrogen and oxygen atoms in total. The number of hydrogen-bond acceptors (Lipinski definition) is 11. The number of ether oxygens (including phenoxy) is 3. The molecule has 0 heterocycles. The van der Waals surface area contributed by atoms with Crippen molar-refractivity contribution in [3.8, 4) is 0 Å². The van der Waals surface area contributed by atoms with Crippen molar-refractivity contribution in [3.05, 3.63) is 108 Å². The molecule has 4 saturated carbocycles. The summed E-state index contributed by atoms with van der Waals surface area (Å²) in [6.07, 6.45) is 6.63. The number of fused-ring (bicyclic) bond motifs is 5. The maximum Gasteiger partial charge on any atom is 0.344 e. The number of aliphatic carboxylic acids is 1. The SMILES string of the molecule is CC(CCC(=O)OCc1ccccc1)[C@H]1CCC2C3C(CC[C@@]21C)[C@@]1(C)CC[C@@H](OC(=O)COC(=O)CCC(CP(=O)(OCc2ccccc2)OCc2ccccc2)C(=O)O)CC1C[C@@H]3O. The van der Waals surface area contributed by atoms with Gasteiger partial charge < -0.3 is 33.5 Å². The Balaban J connectivity index is 0.859. The van der Waals surface area contributed by atoms with E-state index in [1.165, 1.54) is 0 Å². The molecule has 0 saturated heterocycles. The second-order valence-corrected chi connectivity index (χ2v) is 22.2. The number of rotatable bonds is 21. The number of aliphatic hydroxyl groups is 1. The number of benzene rings is 3. The molecule has 66 heavy (non-hydrogen) atoms. The lowest BCUT2D eigenvalue weighted by molar-refractivity contribution is -0.185. The Morgan fingerprint density at radius 2 is 1.23 bits per heavy atom. The second-order valence-electron chi connectivity index (χ2n) is 20.1. The van der Waals surface area contributed by atoms with Crippen LogP contribution in [-0.4, -0.2) is 59.1 Å². The lowest BCUT2D eigenvalue weighted by Gasteiger charge is -2.62. The van der Waals surface area contributed by atoms with Crippen LogP contribution in [0, 0.1) is 52.3 Å². The molecule has 4 aliphatic rings. The number of carboxylic acids is 1. The summed E-state index contributed by atoms with van der Waals surface area (Å²) in [5.74, 6) is -2.04. The van der Waals surface area contributed by atoms with Crippen molar-refractivity contribution in [2.24, 2.45) is 52.3 Å². The maximum atomic E-state index is 14.0. The van der Waals surface area contributed by atoms with Gasteiger partial charge in [0.1, 0.15) is 12.7 Å². The number of aliphatic hydroxyl groups excluding tert-OH is 1. The van der Waals surface area contributed by atoms with E-state index in [4.69, 9.17) is 23.3 Å². The first-order valence-electron chi connectivity index (χ1n) is 24.1. The van der Waals surface area contributed by atoms with Gasteiger partial charge in [0.2, 0.25) is 0 Å². The van der Waals surface area contributed by atoms with Gasteiger partial charge in [-0.1, -0.05) is 112 Å². The number of carbonyl (C=O) groups is 4. The standard InChI is InChI=1S/C53H69O12P/c1-36(19-23-47(55)61-31-37-13-7-4-8-14-37)43-21-22-44-50-45(26-28-53(43,44)3)52(2)27-25-42(29-41(52)30-46(50)54)65-49(57)34-62-48(56)24-20-40(51(58)59)35-66(60,63-32-38-15-9-5-10-16-38)64-33-39-17-11-6-12-18-39/h4-18,36,40-46,50,54H,19-35H2,1-3H3,(H,58,59)/t36?,40?,41?,42-,43-,44?,45?,46+,50?,52+,53-/m1/s1. The highest BCUT2D eigenvalue weighted by atomic mass is 31.2. The molecule has 0 amide bonds. The number of carbonyl (C=O) groups excluding carboxylic acids is 3. The molecule has 0 bridgehead atoms. The summed E-state index contributed by atoms with van der Waals surface area (Å²) in [6.45, 7) is 6.70. The lowest BCUT2D eigenvalue weighted by Crippen LogP contribution is -2.58. The summed E-state index contributed by atoms with van der Waals surface area (Å²) in [6, 6.07) is 27.9. The minimum Gasteiger partial charge on any atom is -0.481 e. The molecule has 2 N–H and O–H groups in total. The van der Waals surface area contributed by atoms with Gasteiger partial charge in [-0.25, -0.2) is 4.79 Å². The smallest absolute Gasteiger partial charge is 0.344 e. The summed E-state index contributed by atoms with van der Waals surface area (Å²) < 4.78 is 42.2. The van der Waals surface area contributed by atoms with Crippen LogP contribution in [0.15, 0.2) is 91.0 Å². The van der Waals surface area contributed by atoms with Crippen LogP contribution in [0.25, 0.3) is 0 Å². The third-order valence-electron chi connectivity index (χ3n) is 16.1. The van der Waals surface area contributed by atoms with E-state index in [-0.39, 0.29) is 60.8 Å². The van der Waals surface area contributed by atoms with Crippen LogP contribution < -0.4 is 0 Å². The number of hydrogen-bond donors (Lipinski definition) is 2. The van der Waals surface area contributed by atoms with E-state index >= 15 is 0 Å². The van der Waals surface area contributed by atoms with Crippen molar-refractivity contribution in [1.29, 1.82) is 0 Å². The highest BCUT2D eigenvalue weighted by Gasteiger charge is 2.63. The average Bonchev–Trinajstić information content (AvgIpc) is 3.68. The van der Waals surface area contributed by atoms with E-state index < -0.39 is 50.3 Å². The van der Waals surface area contributed by atoms with Crippen molar-refractivity contribution >= 4 is 31.5 Å². The van der Waals surface area contributed by atoms with Crippen molar-refractivity contribution in [3.63, 3.8) is 0 Å². The van der Waals surface area contributed by atoms with E-state index in [0.717, 1.165) is 55.2 Å². The molecule has 4 fully saturated rings. The third-order valence-corrected chi connectivity index (χ3v) is 18.1. The van der Waals surface area contributed by atoms with Crippen molar-refractivity contribution in [1.82, 2.24) is 0 Å². The van der Waals surface area contributed by atoms with E-state index in [2.05, 4.69) is 20.8 Å². The fraction of sp³-hybridized carbons (Fsp3) is 0.585. The van der Waals surface area contributed by atoms with Gasteiger partial charge in [-0.15, -0.1) is 0 Å². The van der Waals surface area contributed by atoms with E-state index in [1.807, 2.05) is 66.7 Å². The fourth-order valence-corrected chi connectivity index (χ4v) is 14.4. The Hall–Kier alpha value is -4.35. The Bertz CT molecular complexity index is 2090. The summed E-state index contributed by atoms with van der Waals surface area (Å²) in [4.78, 5) is 50.9. The van der Waals surface area contributed by atoms with E-state index in [1.54, 1.807) is 24.3 Å². The van der Waals surface area contributed by atoms with Crippen LogP contribution in [0.3, 0.4) is 0 Å². The zero-order valence-electron chi connectivity index (χ0n) is 38.8. The summed E-state index contributed by atoms with van der Waals surface area (Å²) in [5, 5.41) is 22.0. The van der Waals surface area contributed by atoms with Gasteiger partial charge in [-0.05, 0) is 127 Å². The molecule has 3 aromatic carbocycles. The molecule has 0 aromatic heterocycles. The van der Waals surface area contributed by atoms with Gasteiger partial charge in [0, 0.05) is 12.8 Å². The van der Waals surface area contributed by atoms with Crippen LogP contribution in [0.5, 0.6) is 0 Å². The average molecular weight is 929 g/mol. The Kier molecular flexibility index (Phi) is 16.6. The normalized spacial score (nSPS) is 29.0. The third kappa shape index (κ3) is 12.2. The molecule has 3 aromatic rings. The van der Waals surface area contributed by atoms with Crippen LogP contribution in [0.4, 0.5) is 0 Å². The minimum atomic E-state index is -3.96. The Morgan fingerprint density at radius 3 is 1.83 bits per heavy atom. The quantitative estimate of drug-likeness (QED) is 0.0589. The predicted molar refractivity (Wildman–Crippen MR) is 247 cm³/mol. The molecule has 7 rings (SSSR count). The molecule has 4 aliphatic carbocycles. The molecule has 0 radical (unpaired) electrons. The van der Waals surface area contributed by atoms with E-state index in [9.17, 15) is 34.0 Å². The molecule has 13 heteroatoms. The highest BCUT2D eigenvalue weighted by molar-refractivity contribution is 7.53. The maximum absolute atomic E-state index is 14.0. The predicted octanol–water partition coefficient (Wildman–Crippen LogP) is 10.3.